The first-order valence-electron chi connectivity index (χ1n) is 7.68. The predicted molar refractivity (Wildman–Crippen MR) is 94.3 cm³/mol. The zero-order valence-corrected chi connectivity index (χ0v) is 15.1. The Morgan fingerprint density at radius 2 is 2.00 bits per heavy atom. The van der Waals surface area contributed by atoms with Crippen molar-refractivity contribution in [2.24, 2.45) is 0 Å². The van der Waals surface area contributed by atoms with E-state index in [9.17, 15) is 4.79 Å². The van der Waals surface area contributed by atoms with Crippen molar-refractivity contribution in [3.63, 3.8) is 0 Å². The molecule has 1 atom stereocenters. The third-order valence-electron chi connectivity index (χ3n) is 3.74. The van der Waals surface area contributed by atoms with Gasteiger partial charge in [0.15, 0.2) is 0 Å². The Kier molecular flexibility index (Phi) is 4.39. The van der Waals surface area contributed by atoms with Crippen molar-refractivity contribution in [2.75, 3.05) is 6.54 Å². The molecule has 1 aliphatic heterocycles. The summed E-state index contributed by atoms with van der Waals surface area (Å²) in [5, 5.41) is 0. The third-order valence-corrected chi connectivity index (χ3v) is 5.08. The van der Waals surface area contributed by atoms with Gasteiger partial charge >= 0.3 is 6.09 Å². The maximum Gasteiger partial charge on any atom is 0.411 e. The van der Waals surface area contributed by atoms with Crippen molar-refractivity contribution in [3.05, 3.63) is 56.7 Å². The van der Waals surface area contributed by atoms with Crippen molar-refractivity contribution in [2.45, 2.75) is 38.8 Å². The molecule has 0 aliphatic carbocycles. The number of hydrogen-bond acceptors (Lipinski definition) is 3. The highest BCUT2D eigenvalue weighted by atomic mass is 35.5. The lowest BCUT2D eigenvalue weighted by Crippen LogP contribution is -2.43. The van der Waals surface area contributed by atoms with Gasteiger partial charge in [-0.25, -0.2) is 4.79 Å². The molecule has 1 aromatic carbocycles. The zero-order valence-electron chi connectivity index (χ0n) is 13.5. The van der Waals surface area contributed by atoms with Crippen LogP contribution in [0.5, 0.6) is 0 Å². The van der Waals surface area contributed by atoms with E-state index in [1.807, 2.05) is 62.1 Å². The monoisotopic (exact) mass is 349 g/mol. The zero-order chi connectivity index (χ0) is 16.6. The van der Waals surface area contributed by atoms with E-state index in [1.165, 1.54) is 4.88 Å². The van der Waals surface area contributed by atoms with E-state index in [2.05, 4.69) is 0 Å². The summed E-state index contributed by atoms with van der Waals surface area (Å²) >= 11 is 7.82. The second kappa shape index (κ2) is 6.17. The minimum absolute atomic E-state index is 0.140. The molecule has 0 saturated carbocycles. The lowest BCUT2D eigenvalue weighted by Gasteiger charge is -2.37. The Hall–Kier alpha value is -1.52. The Balaban J connectivity index is 2.01. The fourth-order valence-electron chi connectivity index (χ4n) is 2.87. The van der Waals surface area contributed by atoms with Crippen molar-refractivity contribution in [3.8, 4) is 0 Å². The van der Waals surface area contributed by atoms with Crippen LogP contribution in [0.2, 0.25) is 4.34 Å². The number of nitrogens with zero attached hydrogens (tertiary/aromatic N) is 1. The van der Waals surface area contributed by atoms with E-state index in [1.54, 1.807) is 11.3 Å². The highest BCUT2D eigenvalue weighted by Crippen LogP contribution is 2.41. The standard InChI is InChI=1S/C18H20ClNO2S/c1-18(2,3)22-17(21)20-10-9-14-13(11-15(19)23-14)16(20)12-7-5-4-6-8-12/h4-8,11,16H,9-10H2,1-3H3. The van der Waals surface area contributed by atoms with E-state index in [0.29, 0.717) is 6.54 Å². The molecule has 1 aliphatic rings. The molecule has 5 heteroatoms. The van der Waals surface area contributed by atoms with Crippen LogP contribution in [0.15, 0.2) is 36.4 Å². The second-order valence-electron chi connectivity index (χ2n) is 6.67. The normalized spacial score (nSPS) is 17.7. The Labute approximate surface area is 145 Å². The lowest BCUT2D eigenvalue weighted by molar-refractivity contribution is 0.0180. The predicted octanol–water partition coefficient (Wildman–Crippen LogP) is 5.28. The minimum Gasteiger partial charge on any atom is -0.444 e. The maximum absolute atomic E-state index is 12.7. The largest absolute Gasteiger partial charge is 0.444 e. The van der Waals surface area contributed by atoms with Crippen molar-refractivity contribution in [1.82, 2.24) is 4.90 Å². The molecule has 0 radical (unpaired) electrons. The summed E-state index contributed by atoms with van der Waals surface area (Å²) in [6, 6.07) is 11.9. The van der Waals surface area contributed by atoms with Gasteiger partial charge in [-0.05, 0) is 44.4 Å². The first-order chi connectivity index (χ1) is 10.8. The fraction of sp³-hybridized carbons (Fsp3) is 0.389. The second-order valence-corrected chi connectivity index (χ2v) is 8.43. The minimum atomic E-state index is -0.509. The van der Waals surface area contributed by atoms with Crippen molar-refractivity contribution in [1.29, 1.82) is 0 Å². The molecule has 3 rings (SSSR count). The smallest absolute Gasteiger partial charge is 0.411 e. The van der Waals surface area contributed by atoms with Gasteiger partial charge < -0.3 is 4.74 Å². The summed E-state index contributed by atoms with van der Waals surface area (Å²) < 4.78 is 6.37. The third kappa shape index (κ3) is 3.54. The van der Waals surface area contributed by atoms with E-state index in [0.717, 1.165) is 21.9 Å². The van der Waals surface area contributed by atoms with E-state index < -0.39 is 5.60 Å². The fourth-order valence-corrected chi connectivity index (χ4v) is 4.17. The van der Waals surface area contributed by atoms with Crippen molar-refractivity contribution < 1.29 is 9.53 Å². The number of carbonyl (C=O) groups excluding carboxylic acids is 1. The molecule has 0 N–H and O–H groups in total. The van der Waals surface area contributed by atoms with Gasteiger partial charge in [-0.15, -0.1) is 11.3 Å². The number of rotatable bonds is 1. The van der Waals surface area contributed by atoms with Gasteiger partial charge in [-0.1, -0.05) is 41.9 Å². The van der Waals surface area contributed by atoms with Crippen LogP contribution >= 0.6 is 22.9 Å². The molecule has 23 heavy (non-hydrogen) atoms. The Morgan fingerprint density at radius 3 is 2.65 bits per heavy atom. The van der Waals surface area contributed by atoms with Crippen LogP contribution in [0.25, 0.3) is 0 Å². The van der Waals surface area contributed by atoms with Crippen LogP contribution in [-0.4, -0.2) is 23.1 Å². The van der Waals surface area contributed by atoms with Gasteiger partial charge in [0, 0.05) is 11.4 Å². The highest BCUT2D eigenvalue weighted by Gasteiger charge is 2.35. The van der Waals surface area contributed by atoms with Crippen molar-refractivity contribution >= 4 is 29.0 Å². The first kappa shape index (κ1) is 16.3. The number of thiophene rings is 1. The molecular formula is C18H20ClNO2S. The topological polar surface area (TPSA) is 29.5 Å². The molecule has 0 spiro atoms. The number of hydrogen-bond donors (Lipinski definition) is 0. The van der Waals surface area contributed by atoms with Gasteiger partial charge in [0.1, 0.15) is 5.60 Å². The Bertz CT molecular complexity index is 706. The summed E-state index contributed by atoms with van der Waals surface area (Å²) in [4.78, 5) is 15.8. The van der Waals surface area contributed by atoms with Crippen LogP contribution in [0.1, 0.15) is 42.8 Å². The van der Waals surface area contributed by atoms with Gasteiger partial charge in [-0.3, -0.25) is 4.90 Å². The summed E-state index contributed by atoms with van der Waals surface area (Å²) in [5.74, 6) is 0. The number of amides is 1. The molecule has 2 heterocycles. The van der Waals surface area contributed by atoms with Gasteiger partial charge in [0.05, 0.1) is 10.4 Å². The molecule has 1 amide bonds. The van der Waals surface area contributed by atoms with Crippen LogP contribution in [0.3, 0.4) is 0 Å². The SMILES string of the molecule is CC(C)(C)OC(=O)N1CCc2sc(Cl)cc2C1c1ccccc1. The molecule has 0 bridgehead atoms. The first-order valence-corrected chi connectivity index (χ1v) is 8.87. The number of ether oxygens (including phenoxy) is 1. The summed E-state index contributed by atoms with van der Waals surface area (Å²) in [6.45, 7) is 6.30. The molecule has 2 aromatic rings. The molecular weight excluding hydrogens is 330 g/mol. The van der Waals surface area contributed by atoms with Gasteiger partial charge in [0.25, 0.3) is 0 Å². The molecule has 3 nitrogen and oxygen atoms in total. The maximum atomic E-state index is 12.7. The van der Waals surface area contributed by atoms with E-state index in [4.69, 9.17) is 16.3 Å². The number of halogens is 1. The molecule has 0 fully saturated rings. The lowest BCUT2D eigenvalue weighted by atomic mass is 9.94. The molecule has 0 saturated heterocycles. The summed E-state index contributed by atoms with van der Waals surface area (Å²) in [5.41, 5.74) is 1.68. The summed E-state index contributed by atoms with van der Waals surface area (Å²) in [6.07, 6.45) is 0.536. The van der Waals surface area contributed by atoms with Gasteiger partial charge in [-0.2, -0.15) is 0 Å². The highest BCUT2D eigenvalue weighted by molar-refractivity contribution is 7.16. The van der Waals surface area contributed by atoms with Crippen LogP contribution < -0.4 is 0 Å². The number of fused-ring (bicyclic) bond motifs is 1. The molecule has 1 unspecified atom stereocenters. The van der Waals surface area contributed by atoms with E-state index >= 15 is 0 Å². The average Bonchev–Trinajstić information content (AvgIpc) is 2.85. The molecule has 1 aromatic heterocycles. The van der Waals surface area contributed by atoms with E-state index in [-0.39, 0.29) is 12.1 Å². The van der Waals surface area contributed by atoms with Crippen LogP contribution in [0, 0.1) is 0 Å². The molecule has 122 valence electrons. The Morgan fingerprint density at radius 1 is 1.30 bits per heavy atom. The van der Waals surface area contributed by atoms with Crippen LogP contribution in [-0.2, 0) is 11.2 Å². The van der Waals surface area contributed by atoms with Crippen LogP contribution in [0.4, 0.5) is 4.79 Å². The average molecular weight is 350 g/mol. The number of carbonyl (C=O) groups is 1. The van der Waals surface area contributed by atoms with Gasteiger partial charge in [0.2, 0.25) is 0 Å². The number of benzene rings is 1. The quantitative estimate of drug-likeness (QED) is 0.700. The summed E-state index contributed by atoms with van der Waals surface area (Å²) in [7, 11) is 0.